The predicted octanol–water partition coefficient (Wildman–Crippen LogP) is 5.70. The van der Waals surface area contributed by atoms with Gasteiger partial charge < -0.3 is 0 Å². The van der Waals surface area contributed by atoms with E-state index in [0.29, 0.717) is 17.0 Å². The smallest absolute Gasteiger partial charge is 0.103 e. The molecule has 0 bridgehead atoms. The molecule has 1 unspecified atom stereocenters. The maximum Gasteiger partial charge on any atom is 0.103 e. The van der Waals surface area contributed by atoms with Crippen molar-refractivity contribution in [2.24, 2.45) is 21.9 Å². The summed E-state index contributed by atoms with van der Waals surface area (Å²) in [5.74, 6) is 0.610. The summed E-state index contributed by atoms with van der Waals surface area (Å²) in [5.41, 5.74) is 1.12. The molecule has 0 radical (unpaired) electrons. The summed E-state index contributed by atoms with van der Waals surface area (Å²) >= 11 is 0. The Balaban J connectivity index is 4.68. The van der Waals surface area contributed by atoms with Crippen molar-refractivity contribution >= 4 is 0 Å². The first-order valence-electron chi connectivity index (χ1n) is 6.76. The number of nitrogens with zero attached hydrogens (tertiary/aromatic N) is 1. The summed E-state index contributed by atoms with van der Waals surface area (Å²) in [6, 6.07) is 0. The third-order valence-electron chi connectivity index (χ3n) is 3.19. The van der Waals surface area contributed by atoms with Crippen LogP contribution >= 0.6 is 0 Å². The molecular weight excluding hydrogens is 222 g/mol. The van der Waals surface area contributed by atoms with E-state index in [-0.39, 0.29) is 5.41 Å². The number of rotatable bonds is 5. The number of allylic oxidation sites excluding steroid dienone is 3. The molecule has 0 heterocycles. The standard InChI is InChI=1S/C16H29NO/c1-8-14(17-18)11-9-10-13(16(5,6)7)12-15(2,3)4/h8-9,11,13H,10,12H2,1-7H3. The van der Waals surface area contributed by atoms with Crippen molar-refractivity contribution < 1.29 is 0 Å². The molecule has 0 spiro atoms. The topological polar surface area (TPSA) is 29.4 Å². The van der Waals surface area contributed by atoms with E-state index in [0.717, 1.165) is 6.42 Å². The molecule has 0 saturated carbocycles. The fourth-order valence-electron chi connectivity index (χ4n) is 2.01. The normalized spacial score (nSPS) is 16.1. The Bertz CT molecular complexity index is 313. The Hall–Kier alpha value is -0.920. The van der Waals surface area contributed by atoms with Crippen molar-refractivity contribution in [2.75, 3.05) is 0 Å². The van der Waals surface area contributed by atoms with E-state index < -0.39 is 0 Å². The summed E-state index contributed by atoms with van der Waals surface area (Å²) in [4.78, 5) is 10.5. The number of hydrogen-bond acceptors (Lipinski definition) is 2. The van der Waals surface area contributed by atoms with Gasteiger partial charge in [-0.3, -0.25) is 0 Å². The summed E-state index contributed by atoms with van der Waals surface area (Å²) < 4.78 is 0. The zero-order chi connectivity index (χ0) is 14.4. The van der Waals surface area contributed by atoms with Gasteiger partial charge in [0.25, 0.3) is 0 Å². The van der Waals surface area contributed by atoms with Crippen molar-refractivity contribution in [2.45, 2.75) is 61.3 Å². The molecule has 0 fully saturated rings. The molecule has 18 heavy (non-hydrogen) atoms. The second kappa shape index (κ2) is 6.86. The average molecular weight is 251 g/mol. The Kier molecular flexibility index (Phi) is 6.51. The van der Waals surface area contributed by atoms with E-state index in [9.17, 15) is 4.91 Å². The number of hydrogen-bond donors (Lipinski definition) is 0. The van der Waals surface area contributed by atoms with Crippen LogP contribution in [0.25, 0.3) is 0 Å². The van der Waals surface area contributed by atoms with E-state index in [1.54, 1.807) is 6.08 Å². The fraction of sp³-hybridized carbons (Fsp3) is 0.750. The van der Waals surface area contributed by atoms with Crippen LogP contribution in [0.1, 0.15) is 61.3 Å². The molecule has 0 aromatic heterocycles. The summed E-state index contributed by atoms with van der Waals surface area (Å²) in [7, 11) is 0. The van der Waals surface area contributed by atoms with Crippen molar-refractivity contribution in [1.82, 2.24) is 0 Å². The van der Waals surface area contributed by atoms with Gasteiger partial charge in [0.2, 0.25) is 0 Å². The molecule has 2 heteroatoms. The molecule has 0 saturated heterocycles. The van der Waals surface area contributed by atoms with Gasteiger partial charge in [-0.15, -0.1) is 4.91 Å². The highest BCUT2D eigenvalue weighted by atomic mass is 16.3. The zero-order valence-corrected chi connectivity index (χ0v) is 13.1. The van der Waals surface area contributed by atoms with E-state index in [4.69, 9.17) is 0 Å². The summed E-state index contributed by atoms with van der Waals surface area (Å²) in [6.45, 7) is 15.5. The summed E-state index contributed by atoms with van der Waals surface area (Å²) in [6.07, 6.45) is 7.82. The Morgan fingerprint density at radius 1 is 1.17 bits per heavy atom. The van der Waals surface area contributed by atoms with Gasteiger partial charge >= 0.3 is 0 Å². The largest absolute Gasteiger partial charge is 0.145 e. The third-order valence-corrected chi connectivity index (χ3v) is 3.19. The lowest BCUT2D eigenvalue weighted by atomic mass is 9.71. The summed E-state index contributed by atoms with van der Waals surface area (Å²) in [5, 5.41) is 2.96. The number of nitroso groups, excluding NO2 is 1. The van der Waals surface area contributed by atoms with Crippen molar-refractivity contribution in [1.29, 1.82) is 0 Å². The minimum atomic E-state index is 0.280. The molecule has 1 atom stereocenters. The monoisotopic (exact) mass is 251 g/mol. The molecule has 0 aromatic carbocycles. The van der Waals surface area contributed by atoms with Gasteiger partial charge in [0, 0.05) is 0 Å². The highest BCUT2D eigenvalue weighted by molar-refractivity contribution is 5.16. The molecule has 0 amide bonds. The Morgan fingerprint density at radius 3 is 2.06 bits per heavy atom. The first-order chi connectivity index (χ1) is 8.10. The third kappa shape index (κ3) is 7.41. The van der Waals surface area contributed by atoms with E-state index in [2.05, 4.69) is 52.8 Å². The van der Waals surface area contributed by atoms with Crippen LogP contribution in [-0.4, -0.2) is 0 Å². The highest BCUT2D eigenvalue weighted by Gasteiger charge is 2.27. The van der Waals surface area contributed by atoms with Gasteiger partial charge in [-0.2, -0.15) is 0 Å². The minimum Gasteiger partial charge on any atom is -0.145 e. The molecule has 2 nitrogen and oxygen atoms in total. The van der Waals surface area contributed by atoms with E-state index >= 15 is 0 Å². The van der Waals surface area contributed by atoms with Gasteiger partial charge in [0.1, 0.15) is 5.70 Å². The first-order valence-corrected chi connectivity index (χ1v) is 6.76. The molecule has 0 N–H and O–H groups in total. The Morgan fingerprint density at radius 2 is 1.72 bits per heavy atom. The fourth-order valence-corrected chi connectivity index (χ4v) is 2.01. The van der Waals surface area contributed by atoms with E-state index in [1.165, 1.54) is 6.42 Å². The van der Waals surface area contributed by atoms with Gasteiger partial charge in [0.15, 0.2) is 0 Å². The first kappa shape index (κ1) is 17.1. The molecule has 0 rings (SSSR count). The average Bonchev–Trinajstić information content (AvgIpc) is 2.19. The highest BCUT2D eigenvalue weighted by Crippen LogP contribution is 2.38. The van der Waals surface area contributed by atoms with Crippen LogP contribution in [0.15, 0.2) is 29.1 Å². The van der Waals surface area contributed by atoms with Crippen LogP contribution in [0.5, 0.6) is 0 Å². The van der Waals surface area contributed by atoms with Gasteiger partial charge in [-0.1, -0.05) is 53.7 Å². The maximum absolute atomic E-state index is 10.5. The second-order valence-electron chi connectivity index (χ2n) is 7.27. The molecule has 0 aliphatic carbocycles. The van der Waals surface area contributed by atoms with Crippen molar-refractivity contribution in [3.05, 3.63) is 28.8 Å². The zero-order valence-electron chi connectivity index (χ0n) is 13.1. The molecular formula is C16H29NO. The van der Waals surface area contributed by atoms with E-state index in [1.807, 2.05) is 13.0 Å². The van der Waals surface area contributed by atoms with Crippen LogP contribution in [0.3, 0.4) is 0 Å². The van der Waals surface area contributed by atoms with Gasteiger partial charge in [-0.25, -0.2) is 0 Å². The van der Waals surface area contributed by atoms with Gasteiger partial charge in [0.05, 0.1) is 0 Å². The SMILES string of the molecule is CC=C(C=CCC(CC(C)(C)C)C(C)(C)C)N=O. The molecule has 0 aliphatic heterocycles. The lowest BCUT2D eigenvalue weighted by Gasteiger charge is -2.35. The molecule has 104 valence electrons. The maximum atomic E-state index is 10.5. The lowest BCUT2D eigenvalue weighted by molar-refractivity contribution is 0.167. The molecule has 0 aliphatic rings. The van der Waals surface area contributed by atoms with Crippen molar-refractivity contribution in [3.8, 4) is 0 Å². The van der Waals surface area contributed by atoms with Crippen LogP contribution in [-0.2, 0) is 0 Å². The predicted molar refractivity (Wildman–Crippen MR) is 80.3 cm³/mol. The molecule has 0 aromatic rings. The quantitative estimate of drug-likeness (QED) is 0.455. The Labute approximate surface area is 113 Å². The lowest BCUT2D eigenvalue weighted by Crippen LogP contribution is -2.25. The van der Waals surface area contributed by atoms with Crippen LogP contribution < -0.4 is 0 Å². The van der Waals surface area contributed by atoms with Crippen molar-refractivity contribution in [3.63, 3.8) is 0 Å². The van der Waals surface area contributed by atoms with Crippen LogP contribution in [0.2, 0.25) is 0 Å². The minimum absolute atomic E-state index is 0.280. The second-order valence-corrected chi connectivity index (χ2v) is 7.27. The van der Waals surface area contributed by atoms with Crippen LogP contribution in [0, 0.1) is 21.7 Å². The van der Waals surface area contributed by atoms with Crippen LogP contribution in [0.4, 0.5) is 0 Å². The van der Waals surface area contributed by atoms with Gasteiger partial charge in [-0.05, 0) is 47.8 Å².